The highest BCUT2D eigenvalue weighted by Gasteiger charge is 2.07. The maximum absolute atomic E-state index is 11.7. The van der Waals surface area contributed by atoms with E-state index in [0.717, 1.165) is 16.3 Å². The normalized spacial score (nSPS) is 10.5. The van der Waals surface area contributed by atoms with E-state index in [0.29, 0.717) is 12.8 Å². The Kier molecular flexibility index (Phi) is 3.28. The van der Waals surface area contributed by atoms with E-state index in [1.165, 1.54) is 0 Å². The van der Waals surface area contributed by atoms with Gasteiger partial charge in [0.1, 0.15) is 5.78 Å². The molecule has 0 amide bonds. The molecule has 0 aromatic carbocycles. The van der Waals surface area contributed by atoms with Crippen LogP contribution in [0.5, 0.6) is 0 Å². The fourth-order valence-electron chi connectivity index (χ4n) is 1.37. The minimum atomic E-state index is 0.235. The number of thiophene rings is 1. The van der Waals surface area contributed by atoms with E-state index < -0.39 is 0 Å². The van der Waals surface area contributed by atoms with Crippen molar-refractivity contribution in [1.82, 2.24) is 4.98 Å². The molecule has 2 nitrogen and oxygen atoms in total. The molecule has 0 atom stereocenters. The SMILES string of the molecule is Cc1nc(CC(=O)Cc2ccsc2)cs1. The summed E-state index contributed by atoms with van der Waals surface area (Å²) in [5.74, 6) is 0.235. The smallest absolute Gasteiger partial charge is 0.143 e. The third-order valence-corrected chi connectivity index (χ3v) is 3.58. The number of hydrogen-bond donors (Lipinski definition) is 0. The van der Waals surface area contributed by atoms with E-state index in [2.05, 4.69) is 4.98 Å². The van der Waals surface area contributed by atoms with Gasteiger partial charge in [0.15, 0.2) is 0 Å². The Hall–Kier alpha value is -1.00. The molecular weight excluding hydrogens is 226 g/mol. The van der Waals surface area contributed by atoms with Crippen LogP contribution in [-0.2, 0) is 17.6 Å². The minimum absolute atomic E-state index is 0.235. The lowest BCUT2D eigenvalue weighted by Crippen LogP contribution is -2.06. The quantitative estimate of drug-likeness (QED) is 0.818. The minimum Gasteiger partial charge on any atom is -0.299 e. The molecule has 4 heteroatoms. The van der Waals surface area contributed by atoms with Crippen LogP contribution in [0.3, 0.4) is 0 Å². The molecule has 15 heavy (non-hydrogen) atoms. The van der Waals surface area contributed by atoms with Gasteiger partial charge >= 0.3 is 0 Å². The maximum Gasteiger partial charge on any atom is 0.143 e. The van der Waals surface area contributed by atoms with Gasteiger partial charge in [-0.2, -0.15) is 11.3 Å². The first-order valence-electron chi connectivity index (χ1n) is 4.68. The summed E-state index contributed by atoms with van der Waals surface area (Å²) in [6, 6.07) is 1.99. The fraction of sp³-hybridized carbons (Fsp3) is 0.273. The van der Waals surface area contributed by atoms with E-state index in [1.54, 1.807) is 22.7 Å². The van der Waals surface area contributed by atoms with E-state index in [9.17, 15) is 4.79 Å². The summed E-state index contributed by atoms with van der Waals surface area (Å²) >= 11 is 3.22. The molecular formula is C11H11NOS2. The van der Waals surface area contributed by atoms with Gasteiger partial charge in [-0.25, -0.2) is 4.98 Å². The molecule has 0 aliphatic carbocycles. The van der Waals surface area contributed by atoms with Gasteiger partial charge in [0.25, 0.3) is 0 Å². The topological polar surface area (TPSA) is 30.0 Å². The number of thiazole rings is 1. The van der Waals surface area contributed by atoms with Crippen molar-refractivity contribution in [3.05, 3.63) is 38.5 Å². The van der Waals surface area contributed by atoms with E-state index in [1.807, 2.05) is 29.1 Å². The molecule has 0 fully saturated rings. The van der Waals surface area contributed by atoms with Gasteiger partial charge in [-0.15, -0.1) is 11.3 Å². The van der Waals surface area contributed by atoms with E-state index >= 15 is 0 Å². The molecule has 2 aromatic heterocycles. The first-order valence-corrected chi connectivity index (χ1v) is 6.50. The van der Waals surface area contributed by atoms with Gasteiger partial charge in [-0.05, 0) is 29.3 Å². The average Bonchev–Trinajstić information content (AvgIpc) is 2.77. The predicted molar refractivity (Wildman–Crippen MR) is 63.6 cm³/mol. The van der Waals surface area contributed by atoms with Gasteiger partial charge in [0.2, 0.25) is 0 Å². The van der Waals surface area contributed by atoms with Crippen molar-refractivity contribution >= 4 is 28.5 Å². The van der Waals surface area contributed by atoms with Gasteiger partial charge in [0.05, 0.1) is 10.7 Å². The lowest BCUT2D eigenvalue weighted by Gasteiger charge is -1.95. The van der Waals surface area contributed by atoms with Crippen molar-refractivity contribution < 1.29 is 4.79 Å². The summed E-state index contributed by atoms with van der Waals surface area (Å²) in [6.07, 6.45) is 0.986. The Balaban J connectivity index is 1.93. The highest BCUT2D eigenvalue weighted by Crippen LogP contribution is 2.11. The number of aromatic nitrogens is 1. The highest BCUT2D eigenvalue weighted by molar-refractivity contribution is 7.09. The molecule has 2 aromatic rings. The summed E-state index contributed by atoms with van der Waals surface area (Å²) in [5.41, 5.74) is 2.01. The second kappa shape index (κ2) is 4.68. The third kappa shape index (κ3) is 2.97. The Morgan fingerprint density at radius 2 is 2.27 bits per heavy atom. The molecule has 0 N–H and O–H groups in total. The van der Waals surface area contributed by atoms with Crippen molar-refractivity contribution in [2.24, 2.45) is 0 Å². The van der Waals surface area contributed by atoms with E-state index in [4.69, 9.17) is 0 Å². The molecule has 78 valence electrons. The van der Waals surface area contributed by atoms with Crippen molar-refractivity contribution in [1.29, 1.82) is 0 Å². The summed E-state index contributed by atoms with van der Waals surface area (Å²) in [4.78, 5) is 15.9. The molecule has 0 saturated carbocycles. The molecule has 0 unspecified atom stereocenters. The van der Waals surface area contributed by atoms with Crippen molar-refractivity contribution in [2.75, 3.05) is 0 Å². The Bertz CT molecular complexity index is 445. The van der Waals surface area contributed by atoms with Crippen molar-refractivity contribution in [2.45, 2.75) is 19.8 Å². The zero-order valence-corrected chi connectivity index (χ0v) is 10.0. The largest absolute Gasteiger partial charge is 0.299 e. The van der Waals surface area contributed by atoms with E-state index in [-0.39, 0.29) is 5.78 Å². The fourth-order valence-corrected chi connectivity index (χ4v) is 2.66. The molecule has 2 heterocycles. The van der Waals surface area contributed by atoms with Crippen LogP contribution in [0.1, 0.15) is 16.3 Å². The lowest BCUT2D eigenvalue weighted by molar-refractivity contribution is -0.117. The van der Waals surface area contributed by atoms with Crippen LogP contribution in [-0.4, -0.2) is 10.8 Å². The monoisotopic (exact) mass is 237 g/mol. The zero-order chi connectivity index (χ0) is 10.7. The van der Waals surface area contributed by atoms with Crippen LogP contribution < -0.4 is 0 Å². The number of nitrogens with zero attached hydrogens (tertiary/aromatic N) is 1. The summed E-state index contributed by atoms with van der Waals surface area (Å²) < 4.78 is 0. The third-order valence-electron chi connectivity index (χ3n) is 2.03. The van der Waals surface area contributed by atoms with Gasteiger partial charge < -0.3 is 0 Å². The maximum atomic E-state index is 11.7. The second-order valence-corrected chi connectivity index (χ2v) is 5.22. The molecule has 0 radical (unpaired) electrons. The lowest BCUT2D eigenvalue weighted by atomic mass is 10.1. The van der Waals surface area contributed by atoms with Crippen molar-refractivity contribution in [3.8, 4) is 0 Å². The van der Waals surface area contributed by atoms with Crippen LogP contribution in [0.25, 0.3) is 0 Å². The number of ketones is 1. The van der Waals surface area contributed by atoms with Crippen LogP contribution in [0.15, 0.2) is 22.2 Å². The van der Waals surface area contributed by atoms with Gasteiger partial charge in [-0.3, -0.25) is 4.79 Å². The van der Waals surface area contributed by atoms with Crippen LogP contribution in [0, 0.1) is 6.92 Å². The number of carbonyl (C=O) groups excluding carboxylic acids is 1. The number of hydrogen-bond acceptors (Lipinski definition) is 4. The first-order chi connectivity index (χ1) is 7.24. The Morgan fingerprint density at radius 1 is 1.40 bits per heavy atom. The first kappa shape index (κ1) is 10.5. The predicted octanol–water partition coefficient (Wildman–Crippen LogP) is 2.87. The molecule has 0 saturated heterocycles. The molecule has 2 rings (SSSR count). The summed E-state index contributed by atoms with van der Waals surface area (Å²) in [6.45, 7) is 1.96. The van der Waals surface area contributed by atoms with Crippen LogP contribution >= 0.6 is 22.7 Å². The van der Waals surface area contributed by atoms with Gasteiger partial charge in [-0.1, -0.05) is 0 Å². The Morgan fingerprint density at radius 3 is 2.87 bits per heavy atom. The number of aryl methyl sites for hydroxylation is 1. The highest BCUT2D eigenvalue weighted by atomic mass is 32.1. The summed E-state index contributed by atoms with van der Waals surface area (Å²) in [5, 5.41) is 6.99. The summed E-state index contributed by atoms with van der Waals surface area (Å²) in [7, 11) is 0. The van der Waals surface area contributed by atoms with Crippen molar-refractivity contribution in [3.63, 3.8) is 0 Å². The standard InChI is InChI=1S/C11H11NOS2/c1-8-12-10(7-15-8)5-11(13)4-9-2-3-14-6-9/h2-3,6-7H,4-5H2,1H3. The Labute approximate surface area is 96.6 Å². The van der Waals surface area contributed by atoms with Gasteiger partial charge in [0, 0.05) is 18.2 Å². The zero-order valence-electron chi connectivity index (χ0n) is 8.40. The van der Waals surface area contributed by atoms with Crippen LogP contribution in [0.2, 0.25) is 0 Å². The molecule has 0 aliphatic rings. The molecule has 0 bridgehead atoms. The second-order valence-electron chi connectivity index (χ2n) is 3.38. The number of rotatable bonds is 4. The number of carbonyl (C=O) groups is 1. The molecule has 0 aliphatic heterocycles. The molecule has 0 spiro atoms. The number of Topliss-reactive ketones (excluding diaryl/α,β-unsaturated/α-hetero) is 1. The van der Waals surface area contributed by atoms with Crippen LogP contribution in [0.4, 0.5) is 0 Å². The average molecular weight is 237 g/mol.